The summed E-state index contributed by atoms with van der Waals surface area (Å²) in [5.74, 6) is 1.02. The molecule has 22 heavy (non-hydrogen) atoms. The Hall–Kier alpha value is -2.13. The molecule has 0 aliphatic rings. The Labute approximate surface area is 132 Å². The average Bonchev–Trinajstić information content (AvgIpc) is 2.53. The molecule has 0 saturated carbocycles. The van der Waals surface area contributed by atoms with Gasteiger partial charge in [0.2, 0.25) is 0 Å². The molecule has 0 saturated heterocycles. The van der Waals surface area contributed by atoms with Crippen LogP contribution in [0.5, 0.6) is 5.75 Å². The molecule has 1 unspecified atom stereocenters. The summed E-state index contributed by atoms with van der Waals surface area (Å²) < 4.78 is 5.17. The fraction of sp³-hybridized carbons (Fsp3) is 0.316. The van der Waals surface area contributed by atoms with Crippen LogP contribution < -0.4 is 4.74 Å². The fourth-order valence-electron chi connectivity index (χ4n) is 2.58. The van der Waals surface area contributed by atoms with E-state index in [1.807, 2.05) is 49.5 Å². The molecule has 0 heterocycles. The molecule has 2 aromatic carbocycles. The van der Waals surface area contributed by atoms with Gasteiger partial charge < -0.3 is 4.74 Å². The molecule has 0 amide bonds. The number of benzene rings is 2. The molecule has 3 nitrogen and oxygen atoms in total. The van der Waals surface area contributed by atoms with Crippen LogP contribution in [0.25, 0.3) is 0 Å². The molecule has 0 N–H and O–H groups in total. The third-order valence-electron chi connectivity index (χ3n) is 3.86. The highest BCUT2D eigenvalue weighted by molar-refractivity contribution is 5.81. The first kappa shape index (κ1) is 16.2. The summed E-state index contributed by atoms with van der Waals surface area (Å²) in [6, 6.07) is 18.0. The van der Waals surface area contributed by atoms with Crippen LogP contribution in [-0.2, 0) is 17.8 Å². The van der Waals surface area contributed by atoms with Crippen LogP contribution in [0.4, 0.5) is 0 Å². The highest BCUT2D eigenvalue weighted by Gasteiger charge is 2.20. The molecule has 0 fully saturated rings. The normalized spacial score (nSPS) is 12.2. The lowest BCUT2D eigenvalue weighted by molar-refractivity contribution is -0.121. The Morgan fingerprint density at radius 2 is 1.68 bits per heavy atom. The second-order valence-corrected chi connectivity index (χ2v) is 5.58. The van der Waals surface area contributed by atoms with Gasteiger partial charge in [-0.15, -0.1) is 0 Å². The first-order chi connectivity index (χ1) is 10.6. The first-order valence-electron chi connectivity index (χ1n) is 7.47. The molecule has 0 bridgehead atoms. The van der Waals surface area contributed by atoms with Crippen LogP contribution in [0.2, 0.25) is 0 Å². The van der Waals surface area contributed by atoms with E-state index in [4.69, 9.17) is 4.74 Å². The van der Waals surface area contributed by atoms with Crippen molar-refractivity contribution in [2.24, 2.45) is 0 Å². The Morgan fingerprint density at radius 3 is 2.23 bits per heavy atom. The number of hydrogen-bond acceptors (Lipinski definition) is 3. The first-order valence-corrected chi connectivity index (χ1v) is 7.47. The van der Waals surface area contributed by atoms with E-state index in [1.54, 1.807) is 14.0 Å². The second kappa shape index (κ2) is 7.76. The van der Waals surface area contributed by atoms with Gasteiger partial charge in [-0.1, -0.05) is 42.5 Å². The summed E-state index contributed by atoms with van der Waals surface area (Å²) in [5.41, 5.74) is 2.35. The van der Waals surface area contributed by atoms with Crippen LogP contribution in [0, 0.1) is 0 Å². The minimum atomic E-state index is -0.117. The molecular weight excluding hydrogens is 274 g/mol. The maximum atomic E-state index is 12.0. The zero-order valence-corrected chi connectivity index (χ0v) is 13.5. The van der Waals surface area contributed by atoms with Gasteiger partial charge in [-0.2, -0.15) is 0 Å². The van der Waals surface area contributed by atoms with Gasteiger partial charge in [-0.25, -0.2) is 0 Å². The summed E-state index contributed by atoms with van der Waals surface area (Å²) in [5, 5.41) is 0. The number of nitrogens with zero attached hydrogens (tertiary/aromatic N) is 1. The third kappa shape index (κ3) is 4.43. The standard InChI is InChI=1S/C19H23NO2/c1-15(21)19(13-16-9-11-18(22-3)12-10-16)20(2)14-17-7-5-4-6-8-17/h4-12,19H,13-14H2,1-3H3. The lowest BCUT2D eigenvalue weighted by atomic mass is 10.0. The van der Waals surface area contributed by atoms with E-state index in [9.17, 15) is 4.79 Å². The van der Waals surface area contributed by atoms with E-state index in [-0.39, 0.29) is 11.8 Å². The molecule has 0 aliphatic heterocycles. The maximum absolute atomic E-state index is 12.0. The van der Waals surface area contributed by atoms with Gasteiger partial charge in [0.1, 0.15) is 11.5 Å². The highest BCUT2D eigenvalue weighted by Crippen LogP contribution is 2.16. The number of likely N-dealkylation sites (N-methyl/N-ethyl adjacent to an activating group) is 1. The number of methoxy groups -OCH3 is 1. The zero-order chi connectivity index (χ0) is 15.9. The predicted octanol–water partition coefficient (Wildman–Crippen LogP) is 3.33. The van der Waals surface area contributed by atoms with Gasteiger partial charge in [0.05, 0.1) is 13.2 Å². The Morgan fingerprint density at radius 1 is 1.05 bits per heavy atom. The molecule has 0 aromatic heterocycles. The molecule has 2 aromatic rings. The lowest BCUT2D eigenvalue weighted by Crippen LogP contribution is -2.38. The number of rotatable bonds is 7. The van der Waals surface area contributed by atoms with Crippen LogP contribution >= 0.6 is 0 Å². The molecule has 0 aliphatic carbocycles. The van der Waals surface area contributed by atoms with Crippen LogP contribution in [-0.4, -0.2) is 30.9 Å². The third-order valence-corrected chi connectivity index (χ3v) is 3.86. The average molecular weight is 297 g/mol. The van der Waals surface area contributed by atoms with Gasteiger partial charge in [0, 0.05) is 6.54 Å². The van der Waals surface area contributed by atoms with Gasteiger partial charge in [0.25, 0.3) is 0 Å². The summed E-state index contributed by atoms with van der Waals surface area (Å²) in [6.07, 6.45) is 0.711. The molecule has 0 radical (unpaired) electrons. The van der Waals surface area contributed by atoms with Crippen LogP contribution in [0.3, 0.4) is 0 Å². The summed E-state index contributed by atoms with van der Waals surface area (Å²) in [6.45, 7) is 2.43. The predicted molar refractivity (Wildman–Crippen MR) is 89.1 cm³/mol. The number of Topliss-reactive ketones (excluding diaryl/α,β-unsaturated/α-hetero) is 1. The minimum Gasteiger partial charge on any atom is -0.497 e. The van der Waals surface area contributed by atoms with Crippen LogP contribution in [0.15, 0.2) is 54.6 Å². The van der Waals surface area contributed by atoms with Gasteiger partial charge in [-0.3, -0.25) is 9.69 Å². The molecule has 3 heteroatoms. The Balaban J connectivity index is 2.06. The molecule has 1 atom stereocenters. The quantitative estimate of drug-likeness (QED) is 0.785. The number of ketones is 1. The van der Waals surface area contributed by atoms with Crippen molar-refractivity contribution < 1.29 is 9.53 Å². The van der Waals surface area contributed by atoms with Gasteiger partial charge >= 0.3 is 0 Å². The van der Waals surface area contributed by atoms with E-state index >= 15 is 0 Å². The molecule has 2 rings (SSSR count). The van der Waals surface area contributed by atoms with Crippen molar-refractivity contribution in [3.8, 4) is 5.75 Å². The highest BCUT2D eigenvalue weighted by atomic mass is 16.5. The van der Waals surface area contributed by atoms with Crippen molar-refractivity contribution in [1.29, 1.82) is 0 Å². The smallest absolute Gasteiger partial charge is 0.147 e. The van der Waals surface area contributed by atoms with Crippen LogP contribution in [0.1, 0.15) is 18.1 Å². The monoisotopic (exact) mass is 297 g/mol. The lowest BCUT2D eigenvalue weighted by Gasteiger charge is -2.26. The van der Waals surface area contributed by atoms with Crippen molar-refractivity contribution >= 4 is 5.78 Å². The number of ether oxygens (including phenoxy) is 1. The second-order valence-electron chi connectivity index (χ2n) is 5.58. The number of hydrogen-bond donors (Lipinski definition) is 0. The van der Waals surface area contributed by atoms with Gasteiger partial charge in [0.15, 0.2) is 0 Å². The Bertz CT molecular complexity index is 593. The number of carbonyl (C=O) groups is 1. The molecular formula is C19H23NO2. The minimum absolute atomic E-state index is 0.117. The summed E-state index contributed by atoms with van der Waals surface area (Å²) in [7, 11) is 3.66. The summed E-state index contributed by atoms with van der Waals surface area (Å²) in [4.78, 5) is 14.1. The van der Waals surface area contributed by atoms with E-state index in [0.29, 0.717) is 6.42 Å². The zero-order valence-electron chi connectivity index (χ0n) is 13.5. The molecule has 0 spiro atoms. The number of carbonyl (C=O) groups excluding carboxylic acids is 1. The van der Waals surface area contributed by atoms with Crippen molar-refractivity contribution in [2.45, 2.75) is 25.9 Å². The Kier molecular flexibility index (Phi) is 5.73. The van der Waals surface area contributed by atoms with Crippen molar-refractivity contribution in [1.82, 2.24) is 4.90 Å². The van der Waals surface area contributed by atoms with E-state index < -0.39 is 0 Å². The van der Waals surface area contributed by atoms with Gasteiger partial charge in [-0.05, 0) is 43.7 Å². The van der Waals surface area contributed by atoms with Crippen molar-refractivity contribution in [3.63, 3.8) is 0 Å². The topological polar surface area (TPSA) is 29.5 Å². The fourth-order valence-corrected chi connectivity index (χ4v) is 2.58. The van der Waals surface area contributed by atoms with E-state index in [1.165, 1.54) is 5.56 Å². The largest absolute Gasteiger partial charge is 0.497 e. The van der Waals surface area contributed by atoms with E-state index in [0.717, 1.165) is 17.9 Å². The SMILES string of the molecule is COc1ccc(CC(C(C)=O)N(C)Cc2ccccc2)cc1. The molecule has 116 valence electrons. The summed E-state index contributed by atoms with van der Waals surface area (Å²) >= 11 is 0. The van der Waals surface area contributed by atoms with E-state index in [2.05, 4.69) is 17.0 Å². The maximum Gasteiger partial charge on any atom is 0.147 e. The van der Waals surface area contributed by atoms with Crippen molar-refractivity contribution in [2.75, 3.05) is 14.2 Å². The van der Waals surface area contributed by atoms with Crippen molar-refractivity contribution in [3.05, 3.63) is 65.7 Å².